The van der Waals surface area contributed by atoms with Crippen molar-refractivity contribution in [3.8, 4) is 0 Å². The van der Waals surface area contributed by atoms with Crippen molar-refractivity contribution in [1.82, 2.24) is 15.0 Å². The average Bonchev–Trinajstić information content (AvgIpc) is 2.85. The first-order chi connectivity index (χ1) is 16.7. The number of pyridine rings is 1. The highest BCUT2D eigenvalue weighted by Gasteiger charge is 2.26. The van der Waals surface area contributed by atoms with Crippen LogP contribution in [0.2, 0.25) is 0 Å². The molecule has 190 valence electrons. The Labute approximate surface area is 208 Å². The van der Waals surface area contributed by atoms with E-state index >= 15 is 0 Å². The molecule has 0 aliphatic carbocycles. The smallest absolute Gasteiger partial charge is 0.325 e. The number of aryl methyl sites for hydroxylation is 1. The maximum absolute atomic E-state index is 12.2. The minimum Gasteiger partial charge on any atom is -0.459 e. The summed E-state index contributed by atoms with van der Waals surface area (Å²) in [5.41, 5.74) is 9.05. The molecule has 2 aliphatic heterocycles. The lowest BCUT2D eigenvalue weighted by Gasteiger charge is -2.34. The van der Waals surface area contributed by atoms with Gasteiger partial charge >= 0.3 is 5.97 Å². The van der Waals surface area contributed by atoms with E-state index in [2.05, 4.69) is 44.6 Å². The summed E-state index contributed by atoms with van der Waals surface area (Å²) in [6.45, 7) is 10.7. The molecule has 9 heteroatoms. The van der Waals surface area contributed by atoms with Gasteiger partial charge in [-0.25, -0.2) is 15.0 Å². The van der Waals surface area contributed by atoms with Crippen LogP contribution in [0.3, 0.4) is 0 Å². The molecular weight excluding hydrogens is 442 g/mol. The Kier molecular flexibility index (Phi) is 7.74. The van der Waals surface area contributed by atoms with E-state index in [1.165, 1.54) is 17.7 Å². The van der Waals surface area contributed by atoms with Gasteiger partial charge in [-0.05, 0) is 64.5 Å². The van der Waals surface area contributed by atoms with Crippen LogP contribution in [0.4, 0.5) is 17.5 Å². The standard InChI is InChI=1S/C26H39N7O2/c1-5-19-23(29-15-20(27)25(34)35-26(2,3)4)30-16-31-24(19)33-13-10-17(11-14-33)21-9-8-18-7-6-12-28-22(18)32-21/h8-9,16-17,20H,5-7,10-15,27H2,1-4H3,(H,28,32)(H,29,30,31)/t20-/m0/s1. The fourth-order valence-electron chi connectivity index (χ4n) is 4.78. The Bertz CT molecular complexity index is 1030. The number of esters is 1. The van der Waals surface area contributed by atoms with Crippen LogP contribution in [0, 0.1) is 0 Å². The zero-order valence-corrected chi connectivity index (χ0v) is 21.4. The normalized spacial score (nSPS) is 17.3. The summed E-state index contributed by atoms with van der Waals surface area (Å²) in [6.07, 6.45) is 6.71. The number of anilines is 3. The Morgan fingerprint density at radius 1 is 1.29 bits per heavy atom. The largest absolute Gasteiger partial charge is 0.459 e. The molecule has 4 N–H and O–H groups in total. The summed E-state index contributed by atoms with van der Waals surface area (Å²) in [7, 11) is 0. The maximum Gasteiger partial charge on any atom is 0.325 e. The Balaban J connectivity index is 1.39. The molecule has 0 saturated carbocycles. The fourth-order valence-corrected chi connectivity index (χ4v) is 4.78. The quantitative estimate of drug-likeness (QED) is 0.512. The zero-order valence-electron chi connectivity index (χ0n) is 21.4. The van der Waals surface area contributed by atoms with Crippen molar-refractivity contribution in [2.45, 2.75) is 77.4 Å². The van der Waals surface area contributed by atoms with Crippen LogP contribution in [0.25, 0.3) is 0 Å². The highest BCUT2D eigenvalue weighted by Crippen LogP contribution is 2.33. The molecule has 0 amide bonds. The van der Waals surface area contributed by atoms with Gasteiger partial charge in [0.2, 0.25) is 0 Å². The number of carbonyl (C=O) groups excluding carboxylic acids is 1. The number of ether oxygens (including phenoxy) is 1. The van der Waals surface area contributed by atoms with Crippen molar-refractivity contribution >= 4 is 23.4 Å². The molecule has 1 fully saturated rings. The molecular formula is C26H39N7O2. The Morgan fingerprint density at radius 3 is 2.77 bits per heavy atom. The first-order valence-corrected chi connectivity index (χ1v) is 12.8. The molecule has 2 aromatic rings. The highest BCUT2D eigenvalue weighted by molar-refractivity contribution is 5.76. The van der Waals surface area contributed by atoms with Crippen molar-refractivity contribution in [2.24, 2.45) is 5.73 Å². The van der Waals surface area contributed by atoms with Crippen LogP contribution in [0.5, 0.6) is 0 Å². The van der Waals surface area contributed by atoms with Crippen LogP contribution >= 0.6 is 0 Å². The number of rotatable bonds is 7. The van der Waals surface area contributed by atoms with Gasteiger partial charge in [-0.3, -0.25) is 4.79 Å². The van der Waals surface area contributed by atoms with E-state index in [4.69, 9.17) is 15.5 Å². The van der Waals surface area contributed by atoms with Gasteiger partial charge in [0.05, 0.1) is 0 Å². The minimum absolute atomic E-state index is 0.248. The summed E-state index contributed by atoms with van der Waals surface area (Å²) in [5, 5.41) is 6.71. The predicted octanol–water partition coefficient (Wildman–Crippen LogP) is 3.26. The molecule has 2 aromatic heterocycles. The van der Waals surface area contributed by atoms with E-state index in [9.17, 15) is 4.79 Å². The molecule has 4 heterocycles. The summed E-state index contributed by atoms with van der Waals surface area (Å²) < 4.78 is 5.39. The molecule has 0 aromatic carbocycles. The van der Waals surface area contributed by atoms with Gasteiger partial charge in [0.15, 0.2) is 0 Å². The fraction of sp³-hybridized carbons (Fsp3) is 0.615. The van der Waals surface area contributed by atoms with Gasteiger partial charge < -0.3 is 26.0 Å². The number of hydrogen-bond acceptors (Lipinski definition) is 9. The van der Waals surface area contributed by atoms with Crippen molar-refractivity contribution in [2.75, 3.05) is 41.7 Å². The second kappa shape index (κ2) is 10.8. The minimum atomic E-state index is -0.772. The van der Waals surface area contributed by atoms with E-state index in [0.29, 0.717) is 5.92 Å². The SMILES string of the molecule is CCc1c(NC[C@H](N)C(=O)OC(C)(C)C)ncnc1N1CCC(c2ccc3c(n2)NCCC3)CC1. The molecule has 9 nitrogen and oxygen atoms in total. The van der Waals surface area contributed by atoms with E-state index in [1.807, 2.05) is 20.8 Å². The Hall–Kier alpha value is -2.94. The van der Waals surface area contributed by atoms with Gasteiger partial charge in [0.25, 0.3) is 0 Å². The zero-order chi connectivity index (χ0) is 25.0. The molecule has 0 bridgehead atoms. The predicted molar refractivity (Wildman–Crippen MR) is 139 cm³/mol. The highest BCUT2D eigenvalue weighted by atomic mass is 16.6. The van der Waals surface area contributed by atoms with Crippen molar-refractivity contribution < 1.29 is 9.53 Å². The second-order valence-corrected chi connectivity index (χ2v) is 10.4. The van der Waals surface area contributed by atoms with Gasteiger partial charge in [0.1, 0.15) is 35.4 Å². The number of fused-ring (bicyclic) bond motifs is 1. The first-order valence-electron chi connectivity index (χ1n) is 12.8. The topological polar surface area (TPSA) is 118 Å². The number of nitrogens with two attached hydrogens (primary N) is 1. The summed E-state index contributed by atoms with van der Waals surface area (Å²) in [5.74, 6) is 2.78. The lowest BCUT2D eigenvalue weighted by molar-refractivity contribution is -0.156. The molecule has 0 spiro atoms. The third-order valence-corrected chi connectivity index (χ3v) is 6.60. The monoisotopic (exact) mass is 481 g/mol. The van der Waals surface area contributed by atoms with Crippen molar-refractivity contribution in [1.29, 1.82) is 0 Å². The van der Waals surface area contributed by atoms with Crippen LogP contribution in [0.15, 0.2) is 18.5 Å². The summed E-state index contributed by atoms with van der Waals surface area (Å²) >= 11 is 0. The van der Waals surface area contributed by atoms with Gasteiger partial charge in [-0.15, -0.1) is 0 Å². The number of hydrogen-bond donors (Lipinski definition) is 3. The number of piperidine rings is 1. The summed E-state index contributed by atoms with van der Waals surface area (Å²) in [4.78, 5) is 28.6. The number of aromatic nitrogens is 3. The number of nitrogens with one attached hydrogen (secondary N) is 2. The van der Waals surface area contributed by atoms with Crippen LogP contribution in [-0.2, 0) is 22.4 Å². The van der Waals surface area contributed by atoms with E-state index in [-0.39, 0.29) is 6.54 Å². The van der Waals surface area contributed by atoms with Crippen LogP contribution in [-0.4, -0.2) is 58.7 Å². The molecule has 4 rings (SSSR count). The summed E-state index contributed by atoms with van der Waals surface area (Å²) in [6, 6.07) is 3.69. The Morgan fingerprint density at radius 2 is 2.06 bits per heavy atom. The van der Waals surface area contributed by atoms with Gasteiger partial charge in [0, 0.05) is 43.4 Å². The lowest BCUT2D eigenvalue weighted by atomic mass is 9.92. The molecule has 0 radical (unpaired) electrons. The van der Waals surface area contributed by atoms with Crippen molar-refractivity contribution in [3.05, 3.63) is 35.3 Å². The second-order valence-electron chi connectivity index (χ2n) is 10.4. The van der Waals surface area contributed by atoms with Crippen molar-refractivity contribution in [3.63, 3.8) is 0 Å². The lowest BCUT2D eigenvalue weighted by Crippen LogP contribution is -2.42. The first kappa shape index (κ1) is 25.2. The van der Waals surface area contributed by atoms with E-state index in [0.717, 1.165) is 68.3 Å². The molecule has 0 unspecified atom stereocenters. The third kappa shape index (κ3) is 6.20. The van der Waals surface area contributed by atoms with E-state index in [1.54, 1.807) is 6.33 Å². The molecule has 2 aliphatic rings. The third-order valence-electron chi connectivity index (χ3n) is 6.60. The van der Waals surface area contributed by atoms with Gasteiger partial charge in [-0.2, -0.15) is 0 Å². The van der Waals surface area contributed by atoms with Gasteiger partial charge in [-0.1, -0.05) is 13.0 Å². The van der Waals surface area contributed by atoms with E-state index < -0.39 is 17.6 Å². The maximum atomic E-state index is 12.2. The van der Waals surface area contributed by atoms with Crippen LogP contribution < -0.4 is 21.3 Å². The molecule has 35 heavy (non-hydrogen) atoms. The molecule has 1 saturated heterocycles. The number of nitrogens with zero attached hydrogens (tertiary/aromatic N) is 4. The van der Waals surface area contributed by atoms with Crippen LogP contribution in [0.1, 0.15) is 69.7 Å². The average molecular weight is 482 g/mol. The number of carbonyl (C=O) groups is 1. The molecule has 1 atom stereocenters.